The van der Waals surface area contributed by atoms with Crippen molar-refractivity contribution in [2.45, 2.75) is 0 Å². The van der Waals surface area contributed by atoms with E-state index in [0.717, 1.165) is 35.8 Å². The quantitative estimate of drug-likeness (QED) is 0.792. The Balaban J connectivity index is 1.94. The van der Waals surface area contributed by atoms with E-state index in [0.29, 0.717) is 0 Å². The van der Waals surface area contributed by atoms with Gasteiger partial charge in [-0.1, -0.05) is 0 Å². The Labute approximate surface area is 108 Å². The molecule has 3 nitrogen and oxygen atoms in total. The van der Waals surface area contributed by atoms with E-state index in [9.17, 15) is 4.79 Å². The minimum absolute atomic E-state index is 0.177. The molecule has 0 atom stereocenters. The summed E-state index contributed by atoms with van der Waals surface area (Å²) < 4.78 is 3.21. The Morgan fingerprint density at radius 3 is 2.82 bits per heavy atom. The summed E-state index contributed by atoms with van der Waals surface area (Å²) in [6.07, 6.45) is 0. The van der Waals surface area contributed by atoms with Gasteiger partial charge in [-0.15, -0.1) is 11.3 Å². The van der Waals surface area contributed by atoms with E-state index in [1.165, 1.54) is 4.70 Å². The highest BCUT2D eigenvalue weighted by molar-refractivity contribution is 7.99. The van der Waals surface area contributed by atoms with Crippen molar-refractivity contribution in [2.75, 3.05) is 24.6 Å². The van der Waals surface area contributed by atoms with Crippen LogP contribution >= 0.6 is 23.1 Å². The highest BCUT2D eigenvalue weighted by Crippen LogP contribution is 2.25. The number of aromatic nitrogens is 1. The Kier molecular flexibility index (Phi) is 2.88. The van der Waals surface area contributed by atoms with Crippen LogP contribution in [0.15, 0.2) is 17.5 Å². The largest absolute Gasteiger partial charge is 0.339 e. The van der Waals surface area contributed by atoms with Gasteiger partial charge in [-0.25, -0.2) is 0 Å². The number of rotatable bonds is 1. The SMILES string of the molecule is Cn1c(C(=O)N2CCSCC2)cc2sccc21. The summed E-state index contributed by atoms with van der Waals surface area (Å²) in [6, 6.07) is 4.09. The van der Waals surface area contributed by atoms with Crippen molar-refractivity contribution in [3.63, 3.8) is 0 Å². The molecule has 1 amide bonds. The fourth-order valence-corrected chi connectivity index (χ4v) is 3.94. The number of hydrogen-bond donors (Lipinski definition) is 0. The van der Waals surface area contributed by atoms with Crippen LogP contribution in [0.3, 0.4) is 0 Å². The monoisotopic (exact) mass is 266 g/mol. The van der Waals surface area contributed by atoms with E-state index in [1.807, 2.05) is 34.3 Å². The third-order valence-corrected chi connectivity index (χ3v) is 4.98. The van der Waals surface area contributed by atoms with Crippen molar-refractivity contribution in [2.24, 2.45) is 7.05 Å². The number of carbonyl (C=O) groups excluding carboxylic acids is 1. The van der Waals surface area contributed by atoms with Crippen LogP contribution in [-0.4, -0.2) is 40.0 Å². The molecule has 0 saturated carbocycles. The lowest BCUT2D eigenvalue weighted by atomic mass is 10.3. The second-order valence-electron chi connectivity index (χ2n) is 4.16. The molecular weight excluding hydrogens is 252 g/mol. The van der Waals surface area contributed by atoms with Crippen molar-refractivity contribution in [1.82, 2.24) is 9.47 Å². The number of thioether (sulfide) groups is 1. The highest BCUT2D eigenvalue weighted by atomic mass is 32.2. The molecule has 0 radical (unpaired) electrons. The van der Waals surface area contributed by atoms with Gasteiger partial charge < -0.3 is 9.47 Å². The lowest BCUT2D eigenvalue weighted by molar-refractivity contribution is 0.0763. The molecule has 2 aromatic heterocycles. The Bertz CT molecular complexity index is 552. The molecule has 2 aromatic rings. The fourth-order valence-electron chi connectivity index (χ4n) is 2.18. The van der Waals surface area contributed by atoms with E-state index in [1.54, 1.807) is 11.3 Å². The number of fused-ring (bicyclic) bond motifs is 1. The van der Waals surface area contributed by atoms with Crippen molar-refractivity contribution in [1.29, 1.82) is 0 Å². The second-order valence-corrected chi connectivity index (χ2v) is 6.34. The first-order valence-corrected chi connectivity index (χ1v) is 7.71. The molecule has 1 aliphatic heterocycles. The third-order valence-electron chi connectivity index (χ3n) is 3.18. The van der Waals surface area contributed by atoms with E-state index in [2.05, 4.69) is 11.4 Å². The zero-order valence-corrected chi connectivity index (χ0v) is 11.3. The van der Waals surface area contributed by atoms with Crippen LogP contribution in [0.5, 0.6) is 0 Å². The Morgan fingerprint density at radius 1 is 1.35 bits per heavy atom. The molecule has 0 unspecified atom stereocenters. The molecule has 90 valence electrons. The van der Waals surface area contributed by atoms with Crippen LogP contribution in [-0.2, 0) is 7.05 Å². The number of nitrogens with zero attached hydrogens (tertiary/aromatic N) is 2. The van der Waals surface area contributed by atoms with Crippen molar-refractivity contribution >= 4 is 39.2 Å². The topological polar surface area (TPSA) is 25.2 Å². The molecule has 0 aliphatic carbocycles. The summed E-state index contributed by atoms with van der Waals surface area (Å²) in [5.74, 6) is 2.30. The number of carbonyl (C=O) groups is 1. The second kappa shape index (κ2) is 4.38. The molecule has 5 heteroatoms. The number of aryl methyl sites for hydroxylation is 1. The average Bonchev–Trinajstić information content (AvgIpc) is 2.93. The van der Waals surface area contributed by atoms with Gasteiger partial charge in [0.1, 0.15) is 5.69 Å². The highest BCUT2D eigenvalue weighted by Gasteiger charge is 2.21. The van der Waals surface area contributed by atoms with Crippen molar-refractivity contribution in [3.8, 4) is 0 Å². The van der Waals surface area contributed by atoms with Crippen LogP contribution in [0.4, 0.5) is 0 Å². The molecule has 1 saturated heterocycles. The van der Waals surface area contributed by atoms with Crippen LogP contribution in [0.25, 0.3) is 10.2 Å². The van der Waals surface area contributed by atoms with Gasteiger partial charge >= 0.3 is 0 Å². The van der Waals surface area contributed by atoms with Crippen LogP contribution in [0, 0.1) is 0 Å². The standard InChI is InChI=1S/C12H14N2OS2/c1-13-9-2-5-17-11(9)8-10(13)12(15)14-3-6-16-7-4-14/h2,5,8H,3-4,6-7H2,1H3. The molecule has 0 bridgehead atoms. The van der Waals surface area contributed by atoms with E-state index < -0.39 is 0 Å². The van der Waals surface area contributed by atoms with Gasteiger partial charge in [0.25, 0.3) is 5.91 Å². The lowest BCUT2D eigenvalue weighted by Crippen LogP contribution is -2.38. The summed E-state index contributed by atoms with van der Waals surface area (Å²) >= 11 is 3.61. The Morgan fingerprint density at radius 2 is 2.12 bits per heavy atom. The predicted octanol–water partition coefficient (Wildman–Crippen LogP) is 2.43. The van der Waals surface area contributed by atoms with Gasteiger partial charge in [-0.3, -0.25) is 4.79 Å². The van der Waals surface area contributed by atoms with E-state index in [4.69, 9.17) is 0 Å². The third kappa shape index (κ3) is 1.87. The zero-order valence-electron chi connectivity index (χ0n) is 9.68. The zero-order chi connectivity index (χ0) is 11.8. The van der Waals surface area contributed by atoms with Gasteiger partial charge in [0, 0.05) is 31.6 Å². The average molecular weight is 266 g/mol. The minimum Gasteiger partial charge on any atom is -0.339 e. The maximum Gasteiger partial charge on any atom is 0.270 e. The number of hydrogen-bond acceptors (Lipinski definition) is 3. The number of thiophene rings is 1. The lowest BCUT2D eigenvalue weighted by Gasteiger charge is -2.26. The maximum atomic E-state index is 12.4. The van der Waals surface area contributed by atoms with Crippen molar-refractivity contribution < 1.29 is 4.79 Å². The van der Waals surface area contributed by atoms with Gasteiger partial charge in [-0.2, -0.15) is 11.8 Å². The van der Waals surface area contributed by atoms with E-state index >= 15 is 0 Å². The Hall–Kier alpha value is -0.940. The predicted molar refractivity (Wildman–Crippen MR) is 74.0 cm³/mol. The van der Waals surface area contributed by atoms with Gasteiger partial charge in [0.05, 0.1) is 10.2 Å². The molecule has 3 heterocycles. The van der Waals surface area contributed by atoms with Gasteiger partial charge in [0.15, 0.2) is 0 Å². The summed E-state index contributed by atoms with van der Waals surface area (Å²) in [5.41, 5.74) is 1.98. The maximum absolute atomic E-state index is 12.4. The molecule has 17 heavy (non-hydrogen) atoms. The van der Waals surface area contributed by atoms with Crippen LogP contribution in [0.2, 0.25) is 0 Å². The summed E-state index contributed by atoms with van der Waals surface area (Å²) in [5, 5.41) is 2.07. The van der Waals surface area contributed by atoms with Crippen LogP contribution in [0.1, 0.15) is 10.5 Å². The smallest absolute Gasteiger partial charge is 0.270 e. The van der Waals surface area contributed by atoms with Gasteiger partial charge in [-0.05, 0) is 17.5 Å². The summed E-state index contributed by atoms with van der Waals surface area (Å²) in [4.78, 5) is 14.4. The first-order valence-electron chi connectivity index (χ1n) is 5.67. The summed E-state index contributed by atoms with van der Waals surface area (Å²) in [7, 11) is 1.97. The van der Waals surface area contributed by atoms with Crippen LogP contribution < -0.4 is 0 Å². The summed E-state index contributed by atoms with van der Waals surface area (Å²) in [6.45, 7) is 1.75. The fraction of sp³-hybridized carbons (Fsp3) is 0.417. The number of amides is 1. The first kappa shape index (κ1) is 11.2. The molecule has 0 N–H and O–H groups in total. The first-order chi connectivity index (χ1) is 8.27. The molecular formula is C12H14N2OS2. The molecule has 1 aliphatic rings. The molecule has 0 aromatic carbocycles. The molecule has 0 spiro atoms. The molecule has 1 fully saturated rings. The normalized spacial score (nSPS) is 16.6. The van der Waals surface area contributed by atoms with Gasteiger partial charge in [0.2, 0.25) is 0 Å². The minimum atomic E-state index is 0.177. The van der Waals surface area contributed by atoms with Crippen molar-refractivity contribution in [3.05, 3.63) is 23.2 Å². The van der Waals surface area contributed by atoms with E-state index in [-0.39, 0.29) is 5.91 Å². The molecule has 3 rings (SSSR count).